The fourth-order valence-corrected chi connectivity index (χ4v) is 4.08. The molecule has 2 atom stereocenters. The van der Waals surface area contributed by atoms with E-state index in [9.17, 15) is 15.0 Å². The van der Waals surface area contributed by atoms with E-state index in [1.165, 1.54) is 77.0 Å². The molecule has 5 heteroatoms. The first-order chi connectivity index (χ1) is 14.5. The molecule has 0 radical (unpaired) electrons. The van der Waals surface area contributed by atoms with Gasteiger partial charge in [-0.05, 0) is 32.1 Å². The lowest BCUT2D eigenvalue weighted by Crippen LogP contribution is -2.55. The number of aliphatic hydroxyl groups excluding tert-OH is 1. The van der Waals surface area contributed by atoms with Crippen molar-refractivity contribution in [2.75, 3.05) is 6.54 Å². The van der Waals surface area contributed by atoms with E-state index in [1.807, 2.05) is 0 Å². The van der Waals surface area contributed by atoms with Crippen LogP contribution in [0.5, 0.6) is 0 Å². The van der Waals surface area contributed by atoms with Crippen molar-refractivity contribution in [3.63, 3.8) is 0 Å². The molecule has 5 nitrogen and oxygen atoms in total. The van der Waals surface area contributed by atoms with E-state index in [1.54, 1.807) is 19.3 Å². The molecule has 0 amide bonds. The zero-order valence-corrected chi connectivity index (χ0v) is 19.4. The standard InChI is InChI=1S/C25H44N2O3/c1-3-4-5-6-7-8-9-10-11-12-13-14-15-16-17-18-19-24-26-20-21-27(24,23(2)28)22-25(29)30/h10-11,20-21,23,28H,3-9,12-19,22H2,1-2H3/p+1/b11-10-. The lowest BCUT2D eigenvalue weighted by molar-refractivity contribution is -0.832. The summed E-state index contributed by atoms with van der Waals surface area (Å²) < 4.78 is -0.0552. The molecule has 30 heavy (non-hydrogen) atoms. The molecule has 0 aromatic rings. The second-order valence-electron chi connectivity index (χ2n) is 8.65. The summed E-state index contributed by atoms with van der Waals surface area (Å²) >= 11 is 0. The Bertz CT molecular complexity index is 555. The van der Waals surface area contributed by atoms with Crippen molar-refractivity contribution in [3.8, 4) is 0 Å². The van der Waals surface area contributed by atoms with Crippen LogP contribution in [0.15, 0.2) is 29.5 Å². The number of carboxylic acids is 1. The molecule has 0 aromatic carbocycles. The van der Waals surface area contributed by atoms with E-state index >= 15 is 0 Å². The summed E-state index contributed by atoms with van der Waals surface area (Å²) in [5.41, 5.74) is 0. The molecule has 0 aliphatic carbocycles. The molecule has 1 rings (SSSR count). The molecule has 0 aromatic heterocycles. The Morgan fingerprint density at radius 3 is 2.03 bits per heavy atom. The van der Waals surface area contributed by atoms with Crippen LogP contribution in [0.25, 0.3) is 0 Å². The highest BCUT2D eigenvalue weighted by atomic mass is 16.4. The van der Waals surface area contributed by atoms with Gasteiger partial charge >= 0.3 is 5.97 Å². The molecule has 0 bridgehead atoms. The minimum atomic E-state index is -0.920. The third-order valence-electron chi connectivity index (χ3n) is 6.01. The molecule has 1 aliphatic rings. The van der Waals surface area contributed by atoms with Crippen LogP contribution in [0.1, 0.15) is 110 Å². The number of nitrogens with zero attached hydrogens (tertiary/aromatic N) is 2. The van der Waals surface area contributed by atoms with Crippen LogP contribution >= 0.6 is 0 Å². The summed E-state index contributed by atoms with van der Waals surface area (Å²) in [5, 5.41) is 19.3. The number of allylic oxidation sites excluding steroid dienone is 2. The molecule has 0 saturated heterocycles. The number of aliphatic imine (C=N–C) groups is 1. The van der Waals surface area contributed by atoms with Crippen molar-refractivity contribution in [3.05, 3.63) is 24.6 Å². The number of rotatable bonds is 19. The first kappa shape index (κ1) is 26.6. The topological polar surface area (TPSA) is 69.9 Å². The van der Waals surface area contributed by atoms with Gasteiger partial charge in [-0.1, -0.05) is 76.9 Å². The predicted molar refractivity (Wildman–Crippen MR) is 125 cm³/mol. The monoisotopic (exact) mass is 421 g/mol. The van der Waals surface area contributed by atoms with Crippen molar-refractivity contribution in [1.82, 2.24) is 0 Å². The van der Waals surface area contributed by atoms with E-state index in [2.05, 4.69) is 24.1 Å². The van der Waals surface area contributed by atoms with Gasteiger partial charge in [0.1, 0.15) is 6.20 Å². The molecule has 0 fully saturated rings. The highest BCUT2D eigenvalue weighted by Gasteiger charge is 2.41. The largest absolute Gasteiger partial charge is 0.477 e. The maximum absolute atomic E-state index is 11.2. The fraction of sp³-hybridized carbons (Fsp3) is 0.760. The summed E-state index contributed by atoms with van der Waals surface area (Å²) in [7, 11) is 0. The number of carboxylic acid groups (broad SMARTS) is 1. The first-order valence-corrected chi connectivity index (χ1v) is 12.2. The van der Waals surface area contributed by atoms with Gasteiger partial charge in [0.25, 0.3) is 0 Å². The van der Waals surface area contributed by atoms with Crippen LogP contribution < -0.4 is 0 Å². The Morgan fingerprint density at radius 1 is 0.967 bits per heavy atom. The van der Waals surface area contributed by atoms with Crippen molar-refractivity contribution in [2.24, 2.45) is 4.99 Å². The van der Waals surface area contributed by atoms with Crippen molar-refractivity contribution in [1.29, 1.82) is 0 Å². The lowest BCUT2D eigenvalue weighted by Gasteiger charge is -2.33. The number of amidine groups is 1. The van der Waals surface area contributed by atoms with Crippen LogP contribution in [-0.2, 0) is 4.79 Å². The van der Waals surface area contributed by atoms with Crippen molar-refractivity contribution >= 4 is 11.8 Å². The van der Waals surface area contributed by atoms with Crippen LogP contribution in [0.4, 0.5) is 0 Å². The number of aliphatic carboxylic acids is 1. The minimum Gasteiger partial charge on any atom is -0.477 e. The van der Waals surface area contributed by atoms with Gasteiger partial charge in [0.15, 0.2) is 12.8 Å². The molecule has 2 N–H and O–H groups in total. The summed E-state index contributed by atoms with van der Waals surface area (Å²) in [6.45, 7) is 3.74. The normalized spacial score (nSPS) is 19.5. The van der Waals surface area contributed by atoms with Gasteiger partial charge in [-0.3, -0.25) is 0 Å². The van der Waals surface area contributed by atoms with Gasteiger partial charge in [0.2, 0.25) is 5.84 Å². The van der Waals surface area contributed by atoms with E-state index in [0.29, 0.717) is 0 Å². The first-order valence-electron chi connectivity index (χ1n) is 12.2. The Hall–Kier alpha value is -1.46. The van der Waals surface area contributed by atoms with E-state index < -0.39 is 12.2 Å². The second-order valence-corrected chi connectivity index (χ2v) is 8.65. The van der Waals surface area contributed by atoms with Crippen LogP contribution in [0.3, 0.4) is 0 Å². The molecule has 0 saturated carbocycles. The zero-order valence-electron chi connectivity index (χ0n) is 19.4. The molecule has 1 aliphatic heterocycles. The SMILES string of the molecule is CCCCCCCC/C=C\CCCCCCCCC1=NC=C[N+]1(CC(=O)O)C(C)O. The molecular weight excluding hydrogens is 376 g/mol. The molecular formula is C25H45N2O3+. The third-order valence-corrected chi connectivity index (χ3v) is 6.01. The molecule has 0 spiro atoms. The summed E-state index contributed by atoms with van der Waals surface area (Å²) in [6.07, 6.45) is 25.7. The second kappa shape index (κ2) is 16.3. The van der Waals surface area contributed by atoms with Crippen molar-refractivity contribution in [2.45, 2.75) is 116 Å². The fourth-order valence-electron chi connectivity index (χ4n) is 4.08. The Kier molecular flexibility index (Phi) is 14.4. The number of quaternary nitrogens is 1. The van der Waals surface area contributed by atoms with E-state index in [4.69, 9.17) is 0 Å². The third kappa shape index (κ3) is 10.5. The van der Waals surface area contributed by atoms with Gasteiger partial charge in [0, 0.05) is 13.3 Å². The number of unbranched alkanes of at least 4 members (excludes halogenated alkanes) is 12. The Labute approximate surface area is 184 Å². The zero-order chi connectivity index (χ0) is 22.1. The highest BCUT2D eigenvalue weighted by molar-refractivity contribution is 5.81. The summed E-state index contributed by atoms with van der Waals surface area (Å²) in [6, 6.07) is 0. The predicted octanol–water partition coefficient (Wildman–Crippen LogP) is 6.54. The number of hydrogen-bond donors (Lipinski definition) is 2. The van der Waals surface area contributed by atoms with Crippen LogP contribution in [0.2, 0.25) is 0 Å². The molecule has 2 unspecified atom stereocenters. The number of hydrogen-bond acceptors (Lipinski definition) is 3. The number of aliphatic hydroxyl groups is 1. The smallest absolute Gasteiger partial charge is 0.360 e. The maximum atomic E-state index is 11.2. The summed E-state index contributed by atoms with van der Waals surface area (Å²) in [4.78, 5) is 15.6. The van der Waals surface area contributed by atoms with Crippen LogP contribution in [-0.4, -0.2) is 39.3 Å². The number of carbonyl (C=O) groups is 1. The lowest BCUT2D eigenvalue weighted by atomic mass is 10.1. The van der Waals surface area contributed by atoms with Gasteiger partial charge in [-0.2, -0.15) is 0 Å². The van der Waals surface area contributed by atoms with E-state index in [-0.39, 0.29) is 11.0 Å². The van der Waals surface area contributed by atoms with Gasteiger partial charge in [0.05, 0.1) is 6.20 Å². The molecule has 172 valence electrons. The quantitative estimate of drug-likeness (QED) is 0.141. The Morgan fingerprint density at radius 2 is 1.50 bits per heavy atom. The molecule has 1 heterocycles. The average Bonchev–Trinajstić information content (AvgIpc) is 3.10. The van der Waals surface area contributed by atoms with Gasteiger partial charge in [-0.25, -0.2) is 14.3 Å². The average molecular weight is 422 g/mol. The van der Waals surface area contributed by atoms with Gasteiger partial charge in [-0.15, -0.1) is 0 Å². The van der Waals surface area contributed by atoms with E-state index in [0.717, 1.165) is 25.1 Å². The van der Waals surface area contributed by atoms with Gasteiger partial charge < -0.3 is 10.2 Å². The maximum Gasteiger partial charge on any atom is 0.360 e. The Balaban J connectivity index is 2.02. The minimum absolute atomic E-state index is 0.0552. The highest BCUT2D eigenvalue weighted by Crippen LogP contribution is 2.24. The van der Waals surface area contributed by atoms with Crippen LogP contribution in [0, 0.1) is 0 Å². The van der Waals surface area contributed by atoms with Crippen molar-refractivity contribution < 1.29 is 19.5 Å². The summed E-state index contributed by atoms with van der Waals surface area (Å²) in [5.74, 6) is -0.154.